The molecule has 1 N–H and O–H groups in total. The van der Waals surface area contributed by atoms with Crippen molar-refractivity contribution < 1.29 is 19.3 Å². The van der Waals surface area contributed by atoms with Gasteiger partial charge in [0.15, 0.2) is 11.5 Å². The Hall–Kier alpha value is -3.40. The zero-order chi connectivity index (χ0) is 19.1. The van der Waals surface area contributed by atoms with E-state index in [4.69, 9.17) is 14.2 Å². The average Bonchev–Trinajstić information content (AvgIpc) is 2.70. The molecule has 0 radical (unpaired) electrons. The second kappa shape index (κ2) is 8.81. The van der Waals surface area contributed by atoms with Gasteiger partial charge in [-0.1, -0.05) is 42.5 Å². The summed E-state index contributed by atoms with van der Waals surface area (Å²) in [5, 5.41) is 10.2. The minimum atomic E-state index is 0.179. The number of para-hydroxylation sites is 1. The number of methoxy groups -OCH3 is 2. The molecule has 0 spiro atoms. The van der Waals surface area contributed by atoms with Crippen molar-refractivity contribution in [2.45, 2.75) is 6.42 Å². The topological polar surface area (TPSA) is 47.9 Å². The van der Waals surface area contributed by atoms with Crippen LogP contribution in [0.4, 0.5) is 0 Å². The van der Waals surface area contributed by atoms with E-state index in [2.05, 4.69) is 0 Å². The number of rotatable bonds is 7. The maximum absolute atomic E-state index is 10.2. The van der Waals surface area contributed by atoms with Gasteiger partial charge in [-0.3, -0.25) is 0 Å². The van der Waals surface area contributed by atoms with Crippen molar-refractivity contribution in [2.75, 3.05) is 14.2 Å². The molecule has 0 heterocycles. The first-order valence-corrected chi connectivity index (χ1v) is 8.63. The smallest absolute Gasteiger partial charge is 0.164 e. The van der Waals surface area contributed by atoms with Crippen molar-refractivity contribution in [2.24, 2.45) is 0 Å². The summed E-state index contributed by atoms with van der Waals surface area (Å²) in [5.41, 5.74) is 1.78. The van der Waals surface area contributed by atoms with Crippen molar-refractivity contribution in [1.29, 1.82) is 0 Å². The van der Waals surface area contributed by atoms with Gasteiger partial charge in [0, 0.05) is 11.6 Å². The summed E-state index contributed by atoms with van der Waals surface area (Å²) in [5.74, 6) is 2.86. The van der Waals surface area contributed by atoms with Crippen LogP contribution in [0.1, 0.15) is 11.1 Å². The summed E-state index contributed by atoms with van der Waals surface area (Å²) in [4.78, 5) is 0. The largest absolute Gasteiger partial charge is 0.508 e. The highest BCUT2D eigenvalue weighted by atomic mass is 16.5. The lowest BCUT2D eigenvalue weighted by molar-refractivity contribution is 0.350. The molecule has 0 atom stereocenters. The first kappa shape index (κ1) is 18.4. The van der Waals surface area contributed by atoms with Gasteiger partial charge in [0.25, 0.3) is 0 Å². The molecule has 0 aliphatic carbocycles. The molecule has 3 aromatic rings. The third kappa shape index (κ3) is 4.82. The van der Waals surface area contributed by atoms with Crippen molar-refractivity contribution in [1.82, 2.24) is 0 Å². The van der Waals surface area contributed by atoms with Crippen LogP contribution in [0.5, 0.6) is 28.7 Å². The molecule has 0 unspecified atom stereocenters. The van der Waals surface area contributed by atoms with Gasteiger partial charge in [-0.15, -0.1) is 0 Å². The second-order valence-electron chi connectivity index (χ2n) is 5.93. The van der Waals surface area contributed by atoms with E-state index in [1.54, 1.807) is 26.4 Å². The first-order valence-electron chi connectivity index (χ1n) is 8.63. The maximum atomic E-state index is 10.2. The van der Waals surface area contributed by atoms with Gasteiger partial charge < -0.3 is 19.3 Å². The van der Waals surface area contributed by atoms with E-state index in [-0.39, 0.29) is 5.75 Å². The van der Waals surface area contributed by atoms with Gasteiger partial charge >= 0.3 is 0 Å². The predicted octanol–water partition coefficient (Wildman–Crippen LogP) is 5.46. The molecule has 0 amide bonds. The average molecular weight is 362 g/mol. The van der Waals surface area contributed by atoms with Crippen molar-refractivity contribution in [3.8, 4) is 28.7 Å². The lowest BCUT2D eigenvalue weighted by Crippen LogP contribution is -1.93. The Morgan fingerprint density at radius 1 is 0.815 bits per heavy atom. The molecule has 0 aliphatic rings. The van der Waals surface area contributed by atoms with Gasteiger partial charge in [-0.05, 0) is 42.3 Å². The minimum Gasteiger partial charge on any atom is -0.508 e. The van der Waals surface area contributed by atoms with Crippen LogP contribution in [-0.2, 0) is 6.42 Å². The molecule has 4 nitrogen and oxygen atoms in total. The predicted molar refractivity (Wildman–Crippen MR) is 107 cm³/mol. The summed E-state index contributed by atoms with van der Waals surface area (Å²) >= 11 is 0. The number of hydrogen-bond donors (Lipinski definition) is 1. The highest BCUT2D eigenvalue weighted by Crippen LogP contribution is 2.34. The lowest BCUT2D eigenvalue weighted by Gasteiger charge is -2.10. The van der Waals surface area contributed by atoms with Crippen LogP contribution < -0.4 is 14.2 Å². The number of phenols is 1. The fourth-order valence-corrected chi connectivity index (χ4v) is 2.70. The van der Waals surface area contributed by atoms with Gasteiger partial charge in [-0.2, -0.15) is 0 Å². The molecular formula is C23H22O4. The summed E-state index contributed by atoms with van der Waals surface area (Å²) in [6.45, 7) is 0. The highest BCUT2D eigenvalue weighted by molar-refractivity contribution is 5.55. The number of aromatic hydroxyl groups is 1. The lowest BCUT2D eigenvalue weighted by atomic mass is 10.1. The Bertz CT molecular complexity index is 917. The van der Waals surface area contributed by atoms with E-state index in [1.807, 2.05) is 66.7 Å². The van der Waals surface area contributed by atoms with Gasteiger partial charge in [0.1, 0.15) is 17.2 Å². The third-order valence-electron chi connectivity index (χ3n) is 4.07. The normalized spacial score (nSPS) is 10.7. The molecular weight excluding hydrogens is 340 g/mol. The molecule has 0 bridgehead atoms. The third-order valence-corrected chi connectivity index (χ3v) is 4.07. The Kier molecular flexibility index (Phi) is 6.00. The molecule has 0 saturated heterocycles. The minimum absolute atomic E-state index is 0.179. The zero-order valence-corrected chi connectivity index (χ0v) is 15.4. The number of allylic oxidation sites excluding steroid dienone is 1. The number of benzene rings is 3. The second-order valence-corrected chi connectivity index (χ2v) is 5.93. The SMILES string of the molecule is COc1cc(O)c(C/C=C/c2cccc(Oc3ccccc3)c2)cc1OC. The molecule has 0 aliphatic heterocycles. The molecule has 4 heteroatoms. The van der Waals surface area contributed by atoms with Gasteiger partial charge in [0.05, 0.1) is 14.2 Å². The van der Waals surface area contributed by atoms with Crippen LogP contribution in [-0.4, -0.2) is 19.3 Å². The van der Waals surface area contributed by atoms with Gasteiger partial charge in [-0.25, -0.2) is 0 Å². The summed E-state index contributed by atoms with van der Waals surface area (Å²) in [7, 11) is 3.12. The molecule has 27 heavy (non-hydrogen) atoms. The van der Waals surface area contributed by atoms with Crippen molar-refractivity contribution >= 4 is 6.08 Å². The quantitative estimate of drug-likeness (QED) is 0.606. The van der Waals surface area contributed by atoms with Gasteiger partial charge in [0.2, 0.25) is 0 Å². The van der Waals surface area contributed by atoms with Crippen molar-refractivity contribution in [3.05, 3.63) is 83.9 Å². The van der Waals surface area contributed by atoms with Crippen LogP contribution in [0.25, 0.3) is 6.08 Å². The van der Waals surface area contributed by atoms with E-state index in [1.165, 1.54) is 0 Å². The maximum Gasteiger partial charge on any atom is 0.164 e. The molecule has 138 valence electrons. The molecule has 0 saturated carbocycles. The van der Waals surface area contributed by atoms with Crippen LogP contribution >= 0.6 is 0 Å². The Morgan fingerprint density at radius 2 is 1.52 bits per heavy atom. The van der Waals surface area contributed by atoms with E-state index < -0.39 is 0 Å². The van der Waals surface area contributed by atoms with E-state index in [0.29, 0.717) is 17.9 Å². The Labute approximate surface area is 159 Å². The monoisotopic (exact) mass is 362 g/mol. The number of phenolic OH excluding ortho intramolecular Hbond substituents is 1. The van der Waals surface area contributed by atoms with E-state index in [0.717, 1.165) is 22.6 Å². The summed E-state index contributed by atoms with van der Waals surface area (Å²) < 4.78 is 16.3. The van der Waals surface area contributed by atoms with Crippen LogP contribution in [0, 0.1) is 0 Å². The molecule has 0 fully saturated rings. The fraction of sp³-hybridized carbons (Fsp3) is 0.130. The molecule has 3 aromatic carbocycles. The number of ether oxygens (including phenoxy) is 3. The number of hydrogen-bond acceptors (Lipinski definition) is 4. The summed E-state index contributed by atoms with van der Waals surface area (Å²) in [6, 6.07) is 20.9. The van der Waals surface area contributed by atoms with E-state index in [9.17, 15) is 5.11 Å². The highest BCUT2D eigenvalue weighted by Gasteiger charge is 2.09. The summed E-state index contributed by atoms with van der Waals surface area (Å²) in [6.07, 6.45) is 4.55. The fourth-order valence-electron chi connectivity index (χ4n) is 2.70. The Morgan fingerprint density at radius 3 is 2.26 bits per heavy atom. The first-order chi connectivity index (χ1) is 13.2. The van der Waals surface area contributed by atoms with Crippen LogP contribution in [0.3, 0.4) is 0 Å². The van der Waals surface area contributed by atoms with Crippen LogP contribution in [0.2, 0.25) is 0 Å². The Balaban J connectivity index is 1.71. The standard InChI is InChI=1S/C23H22O4/c1-25-22-15-18(21(24)16-23(22)26-2)10-6-8-17-9-7-13-20(14-17)27-19-11-4-3-5-12-19/h3-9,11-16,24H,10H2,1-2H3/b8-6+. The van der Waals surface area contributed by atoms with E-state index >= 15 is 0 Å². The van der Waals surface area contributed by atoms with Crippen molar-refractivity contribution in [3.63, 3.8) is 0 Å². The molecule has 3 rings (SSSR count). The zero-order valence-electron chi connectivity index (χ0n) is 15.4. The molecule has 0 aromatic heterocycles. The van der Waals surface area contributed by atoms with Crippen LogP contribution in [0.15, 0.2) is 72.8 Å².